The summed E-state index contributed by atoms with van der Waals surface area (Å²) >= 11 is 6.29. The summed E-state index contributed by atoms with van der Waals surface area (Å²) in [5.74, 6) is 1.54. The van der Waals surface area contributed by atoms with E-state index in [1.165, 1.54) is 12.4 Å². The first-order valence-corrected chi connectivity index (χ1v) is 16.3. The number of nitrogens with zero attached hydrogens (tertiary/aromatic N) is 5. The second-order valence-electron chi connectivity index (χ2n) is 12.4. The van der Waals surface area contributed by atoms with E-state index in [0.29, 0.717) is 53.6 Å². The molecule has 242 valence electrons. The van der Waals surface area contributed by atoms with E-state index in [2.05, 4.69) is 43.0 Å². The zero-order valence-electron chi connectivity index (χ0n) is 26.2. The average molecular weight is 646 g/mol. The van der Waals surface area contributed by atoms with Crippen molar-refractivity contribution in [1.82, 2.24) is 14.9 Å². The van der Waals surface area contributed by atoms with Crippen molar-refractivity contribution in [2.24, 2.45) is 0 Å². The molecule has 4 aliphatic rings. The van der Waals surface area contributed by atoms with Crippen LogP contribution >= 0.6 is 11.6 Å². The summed E-state index contributed by atoms with van der Waals surface area (Å²) in [6.45, 7) is 9.89. The number of rotatable bonds is 9. The molecule has 2 aromatic carbocycles. The molecule has 4 fully saturated rings. The highest BCUT2D eigenvalue weighted by Gasteiger charge is 2.42. The minimum atomic E-state index is -0.278. The molecule has 0 aliphatic carbocycles. The maximum absolute atomic E-state index is 12.6. The van der Waals surface area contributed by atoms with Crippen LogP contribution in [0.4, 0.5) is 28.7 Å². The minimum absolute atomic E-state index is 0.00801. The van der Waals surface area contributed by atoms with Gasteiger partial charge in [-0.3, -0.25) is 14.5 Å². The number of amides is 1. The van der Waals surface area contributed by atoms with Crippen LogP contribution in [0.5, 0.6) is 5.75 Å². The van der Waals surface area contributed by atoms with Crippen molar-refractivity contribution < 1.29 is 19.1 Å². The molecule has 0 radical (unpaired) electrons. The third-order valence-electron chi connectivity index (χ3n) is 9.59. The van der Waals surface area contributed by atoms with E-state index < -0.39 is 0 Å². The van der Waals surface area contributed by atoms with Crippen molar-refractivity contribution in [1.29, 1.82) is 0 Å². The second-order valence-corrected chi connectivity index (χ2v) is 12.8. The molecule has 11 nitrogen and oxygen atoms in total. The number of halogens is 1. The molecule has 2 N–H and O–H groups in total. The van der Waals surface area contributed by atoms with E-state index in [9.17, 15) is 4.79 Å². The zero-order chi connectivity index (χ0) is 31.8. The first-order valence-electron chi connectivity index (χ1n) is 15.9. The first-order chi connectivity index (χ1) is 22.4. The Labute approximate surface area is 274 Å². The van der Waals surface area contributed by atoms with Crippen molar-refractivity contribution in [2.45, 2.75) is 56.8 Å². The summed E-state index contributed by atoms with van der Waals surface area (Å²) < 4.78 is 11.7. The first kappa shape index (κ1) is 30.7. The summed E-state index contributed by atoms with van der Waals surface area (Å²) in [7, 11) is 1.64. The molecule has 0 saturated carbocycles. The van der Waals surface area contributed by atoms with E-state index in [-0.39, 0.29) is 11.9 Å². The third kappa shape index (κ3) is 6.12. The van der Waals surface area contributed by atoms with Gasteiger partial charge in [0.2, 0.25) is 5.91 Å². The van der Waals surface area contributed by atoms with Crippen molar-refractivity contribution >= 4 is 46.2 Å². The number of nitrogens with one attached hydrogen (secondary N) is 2. The van der Waals surface area contributed by atoms with Gasteiger partial charge in [-0.05, 0) is 55.5 Å². The Hall–Kier alpha value is -3.90. The number of methoxy groups -OCH3 is 1. The molecule has 46 heavy (non-hydrogen) atoms. The lowest BCUT2D eigenvalue weighted by molar-refractivity contribution is -0.111. The van der Waals surface area contributed by atoms with Gasteiger partial charge in [0.05, 0.1) is 49.5 Å². The number of likely N-dealkylation sites (tertiary alicyclic amines) is 1. The van der Waals surface area contributed by atoms with Crippen molar-refractivity contribution in [2.75, 3.05) is 60.6 Å². The van der Waals surface area contributed by atoms with Gasteiger partial charge in [-0.15, -0.1) is 0 Å². The molecular formula is C34H40ClN7O4. The molecule has 0 unspecified atom stereocenters. The fourth-order valence-electron chi connectivity index (χ4n) is 7.24. The van der Waals surface area contributed by atoms with Crippen molar-refractivity contribution in [3.05, 3.63) is 71.5 Å². The molecule has 1 amide bonds. The number of fused-ring (bicyclic) bond motifs is 2. The number of carbonyl (C=O) groups excluding carboxylic acids is 1. The number of hydroxylamine groups is 1. The molecule has 4 saturated heterocycles. The number of hydrogen-bond donors (Lipinski definition) is 2. The lowest BCUT2D eigenvalue weighted by Crippen LogP contribution is -2.49. The maximum atomic E-state index is 12.6. The Morgan fingerprint density at radius 3 is 2.67 bits per heavy atom. The summed E-state index contributed by atoms with van der Waals surface area (Å²) in [5, 5.41) is 8.98. The Morgan fingerprint density at radius 1 is 1.11 bits per heavy atom. The van der Waals surface area contributed by atoms with Gasteiger partial charge < -0.3 is 25.0 Å². The molecule has 7 rings (SSSR count). The standard InChI is InChI=1S/C34H40ClN7O4/c1-4-34(43)39-27-15-28(31(44-3)16-30(27)40-10-7-23(8-11-40)41-18-25-14-24(41)19-45-25)38-32-17-33(37-20-36-32)42-29(9-12-46-42)22-5-6-26(35)21(2)13-22/h4-6,13,15-17,20,23-25,29H,1,7-12,14,18-19H2,2-3H3,(H,39,43)(H,36,37,38)/t24-,25-,29-/m1/s1. The van der Waals surface area contributed by atoms with Gasteiger partial charge in [0.25, 0.3) is 0 Å². The topological polar surface area (TPSA) is 104 Å². The van der Waals surface area contributed by atoms with E-state index >= 15 is 0 Å². The highest BCUT2D eigenvalue weighted by molar-refractivity contribution is 6.31. The van der Waals surface area contributed by atoms with Gasteiger partial charge in [0, 0.05) is 55.3 Å². The second kappa shape index (κ2) is 13.1. The number of carbonyl (C=O) groups is 1. The fraction of sp³-hybridized carbons (Fsp3) is 0.441. The van der Waals surface area contributed by atoms with Crippen LogP contribution in [0.15, 0.2) is 55.4 Å². The molecule has 0 spiro atoms. The fourth-order valence-corrected chi connectivity index (χ4v) is 7.36. The molecule has 3 aromatic rings. The quantitative estimate of drug-likeness (QED) is 0.284. The number of morpholine rings is 1. The Kier molecular flexibility index (Phi) is 8.74. The van der Waals surface area contributed by atoms with Crippen LogP contribution in [-0.4, -0.2) is 78.9 Å². The number of aryl methyl sites for hydroxylation is 1. The molecule has 4 aliphatic heterocycles. The van der Waals surface area contributed by atoms with Crippen LogP contribution in [0.25, 0.3) is 0 Å². The van der Waals surface area contributed by atoms with E-state index in [0.717, 1.165) is 73.8 Å². The van der Waals surface area contributed by atoms with E-state index in [4.69, 9.17) is 25.9 Å². The Balaban J connectivity index is 1.12. The van der Waals surface area contributed by atoms with Gasteiger partial charge in [0.1, 0.15) is 17.9 Å². The number of aromatic nitrogens is 2. The number of benzene rings is 2. The van der Waals surface area contributed by atoms with Crippen molar-refractivity contribution in [3.63, 3.8) is 0 Å². The van der Waals surface area contributed by atoms with Crippen LogP contribution in [0, 0.1) is 6.92 Å². The van der Waals surface area contributed by atoms with Crippen LogP contribution in [-0.2, 0) is 14.4 Å². The molecule has 12 heteroatoms. The molecule has 1 aromatic heterocycles. The third-order valence-corrected chi connectivity index (χ3v) is 10.0. The van der Waals surface area contributed by atoms with Crippen LogP contribution in [0.1, 0.15) is 42.9 Å². The zero-order valence-corrected chi connectivity index (χ0v) is 27.0. The summed E-state index contributed by atoms with van der Waals surface area (Å²) in [6, 6.07) is 12.9. The summed E-state index contributed by atoms with van der Waals surface area (Å²) in [5.41, 5.74) is 4.38. The lowest BCUT2D eigenvalue weighted by Gasteiger charge is -2.41. The summed E-state index contributed by atoms with van der Waals surface area (Å²) in [4.78, 5) is 32.6. The lowest BCUT2D eigenvalue weighted by atomic mass is 10.0. The minimum Gasteiger partial charge on any atom is -0.494 e. The number of anilines is 5. The summed E-state index contributed by atoms with van der Waals surface area (Å²) in [6.07, 6.45) is 7.27. The number of piperidine rings is 1. The highest BCUT2D eigenvalue weighted by Crippen LogP contribution is 2.41. The van der Waals surface area contributed by atoms with Gasteiger partial charge in [-0.1, -0.05) is 30.3 Å². The number of hydrogen-bond acceptors (Lipinski definition) is 10. The van der Waals surface area contributed by atoms with E-state index in [1.807, 2.05) is 42.3 Å². The average Bonchev–Trinajstić information content (AvgIpc) is 3.85. The predicted octanol–water partition coefficient (Wildman–Crippen LogP) is 5.64. The van der Waals surface area contributed by atoms with Crippen LogP contribution in [0.2, 0.25) is 5.02 Å². The van der Waals surface area contributed by atoms with Gasteiger partial charge >= 0.3 is 0 Å². The molecule has 3 atom stereocenters. The molecular weight excluding hydrogens is 606 g/mol. The smallest absolute Gasteiger partial charge is 0.247 e. The predicted molar refractivity (Wildman–Crippen MR) is 179 cm³/mol. The Bertz CT molecular complexity index is 1610. The van der Waals surface area contributed by atoms with E-state index in [1.54, 1.807) is 7.11 Å². The highest BCUT2D eigenvalue weighted by atomic mass is 35.5. The van der Waals surface area contributed by atoms with Crippen LogP contribution < -0.4 is 25.3 Å². The number of ether oxygens (including phenoxy) is 2. The Morgan fingerprint density at radius 2 is 1.96 bits per heavy atom. The monoisotopic (exact) mass is 645 g/mol. The largest absolute Gasteiger partial charge is 0.494 e. The maximum Gasteiger partial charge on any atom is 0.247 e. The van der Waals surface area contributed by atoms with Gasteiger partial charge in [-0.25, -0.2) is 15.0 Å². The van der Waals surface area contributed by atoms with Gasteiger partial charge in [0.15, 0.2) is 5.82 Å². The van der Waals surface area contributed by atoms with Gasteiger partial charge in [-0.2, -0.15) is 0 Å². The van der Waals surface area contributed by atoms with Crippen LogP contribution in [0.3, 0.4) is 0 Å². The normalized spacial score (nSPS) is 23.2. The molecule has 2 bridgehead atoms. The van der Waals surface area contributed by atoms with Crippen molar-refractivity contribution in [3.8, 4) is 5.75 Å². The SMILES string of the molecule is C=CC(=O)Nc1cc(Nc2cc(N3OCC[C@@H]3c3ccc(Cl)c(C)c3)ncn2)c(OC)cc1N1CCC(N2C[C@H]3C[C@@H]2CO3)CC1. The molecule has 5 heterocycles.